The number of hydrogen-bond acceptors (Lipinski definition) is 3. The third kappa shape index (κ3) is 4.81. The summed E-state index contributed by atoms with van der Waals surface area (Å²) >= 11 is 0. The molecule has 1 aliphatic rings. The van der Waals surface area contributed by atoms with E-state index in [0.717, 1.165) is 36.3 Å². The molecule has 2 amide bonds. The SMILES string of the molecule is CC(=O)N(CC(=O)Nc1c(C)cccc1C(C)C)CC1CCCO1. The number of rotatable bonds is 6. The second kappa shape index (κ2) is 8.29. The van der Waals surface area contributed by atoms with Crippen molar-refractivity contribution in [2.24, 2.45) is 0 Å². The molecule has 1 saturated heterocycles. The molecule has 1 fully saturated rings. The van der Waals surface area contributed by atoms with E-state index in [1.54, 1.807) is 4.90 Å². The highest BCUT2D eigenvalue weighted by molar-refractivity contribution is 5.95. The second-order valence-electron chi connectivity index (χ2n) is 6.78. The van der Waals surface area contributed by atoms with Crippen LogP contribution < -0.4 is 5.32 Å². The van der Waals surface area contributed by atoms with E-state index in [2.05, 4.69) is 19.2 Å². The summed E-state index contributed by atoms with van der Waals surface area (Å²) in [5.41, 5.74) is 3.00. The van der Waals surface area contributed by atoms with E-state index >= 15 is 0 Å². The number of carbonyl (C=O) groups excluding carboxylic acids is 2. The van der Waals surface area contributed by atoms with Crippen molar-refractivity contribution in [2.75, 3.05) is 25.0 Å². The van der Waals surface area contributed by atoms with Gasteiger partial charge < -0.3 is 15.0 Å². The number of nitrogens with zero attached hydrogens (tertiary/aromatic N) is 1. The van der Waals surface area contributed by atoms with Crippen molar-refractivity contribution in [3.63, 3.8) is 0 Å². The molecule has 0 spiro atoms. The summed E-state index contributed by atoms with van der Waals surface area (Å²) < 4.78 is 5.58. The lowest BCUT2D eigenvalue weighted by Gasteiger charge is -2.24. The van der Waals surface area contributed by atoms with Gasteiger partial charge in [-0.15, -0.1) is 0 Å². The number of ether oxygens (including phenoxy) is 1. The summed E-state index contributed by atoms with van der Waals surface area (Å²) in [6.07, 6.45) is 2.01. The van der Waals surface area contributed by atoms with Crippen molar-refractivity contribution in [1.29, 1.82) is 0 Å². The zero-order valence-electron chi connectivity index (χ0n) is 15.1. The van der Waals surface area contributed by atoms with Crippen LogP contribution in [0, 0.1) is 6.92 Å². The van der Waals surface area contributed by atoms with E-state index in [0.29, 0.717) is 12.5 Å². The number of nitrogens with one attached hydrogen (secondary N) is 1. The van der Waals surface area contributed by atoms with Gasteiger partial charge in [0.05, 0.1) is 12.6 Å². The van der Waals surface area contributed by atoms with Crippen LogP contribution in [-0.2, 0) is 14.3 Å². The molecule has 0 bridgehead atoms. The highest BCUT2D eigenvalue weighted by Gasteiger charge is 2.23. The lowest BCUT2D eigenvalue weighted by Crippen LogP contribution is -2.41. The van der Waals surface area contributed by atoms with Crippen LogP contribution in [0.3, 0.4) is 0 Å². The van der Waals surface area contributed by atoms with Gasteiger partial charge in [0.15, 0.2) is 0 Å². The fraction of sp³-hybridized carbons (Fsp3) is 0.579. The molecule has 5 heteroatoms. The van der Waals surface area contributed by atoms with Gasteiger partial charge in [-0.1, -0.05) is 32.0 Å². The molecule has 1 heterocycles. The first-order chi connectivity index (χ1) is 11.4. The molecule has 1 atom stereocenters. The topological polar surface area (TPSA) is 58.6 Å². The molecule has 0 radical (unpaired) electrons. The lowest BCUT2D eigenvalue weighted by atomic mass is 9.98. The third-order valence-electron chi connectivity index (χ3n) is 4.42. The maximum absolute atomic E-state index is 12.5. The Morgan fingerprint density at radius 3 is 2.71 bits per heavy atom. The minimum atomic E-state index is -0.167. The van der Waals surface area contributed by atoms with Gasteiger partial charge in [-0.05, 0) is 36.8 Å². The molecule has 1 unspecified atom stereocenters. The predicted octanol–water partition coefficient (Wildman–Crippen LogP) is 3.08. The zero-order chi connectivity index (χ0) is 17.7. The Kier molecular flexibility index (Phi) is 6.37. The van der Waals surface area contributed by atoms with Crippen LogP contribution in [0.1, 0.15) is 50.7 Å². The van der Waals surface area contributed by atoms with Crippen LogP contribution in [0.4, 0.5) is 5.69 Å². The molecule has 5 nitrogen and oxygen atoms in total. The van der Waals surface area contributed by atoms with Gasteiger partial charge in [0.25, 0.3) is 0 Å². The maximum atomic E-state index is 12.5. The minimum Gasteiger partial charge on any atom is -0.376 e. The summed E-state index contributed by atoms with van der Waals surface area (Å²) in [5, 5.41) is 3.00. The molecule has 2 rings (SSSR count). The van der Waals surface area contributed by atoms with Crippen molar-refractivity contribution >= 4 is 17.5 Å². The molecule has 1 aliphatic heterocycles. The number of benzene rings is 1. The molecule has 0 saturated carbocycles. The van der Waals surface area contributed by atoms with E-state index in [4.69, 9.17) is 4.74 Å². The summed E-state index contributed by atoms with van der Waals surface area (Å²) in [7, 11) is 0. The smallest absolute Gasteiger partial charge is 0.244 e. The van der Waals surface area contributed by atoms with E-state index < -0.39 is 0 Å². The largest absolute Gasteiger partial charge is 0.376 e. The molecule has 1 aromatic carbocycles. The van der Waals surface area contributed by atoms with Crippen LogP contribution in [0.25, 0.3) is 0 Å². The van der Waals surface area contributed by atoms with E-state index in [1.165, 1.54) is 6.92 Å². The molecule has 0 aliphatic carbocycles. The molecule has 24 heavy (non-hydrogen) atoms. The van der Waals surface area contributed by atoms with Crippen LogP contribution in [0.5, 0.6) is 0 Å². The number of aryl methyl sites for hydroxylation is 1. The Morgan fingerprint density at radius 1 is 1.38 bits per heavy atom. The Labute approximate surface area is 144 Å². The van der Waals surface area contributed by atoms with Crippen molar-refractivity contribution in [1.82, 2.24) is 4.90 Å². The highest BCUT2D eigenvalue weighted by atomic mass is 16.5. The Hall–Kier alpha value is -1.88. The van der Waals surface area contributed by atoms with Gasteiger partial charge in [-0.3, -0.25) is 9.59 Å². The molecule has 0 aromatic heterocycles. The quantitative estimate of drug-likeness (QED) is 0.871. The van der Waals surface area contributed by atoms with Crippen LogP contribution in [-0.4, -0.2) is 42.5 Å². The molecule has 1 aromatic rings. The first-order valence-electron chi connectivity index (χ1n) is 8.65. The van der Waals surface area contributed by atoms with E-state index in [-0.39, 0.29) is 24.5 Å². The standard InChI is InChI=1S/C19H28N2O3/c1-13(2)17-9-5-7-14(3)19(17)20-18(23)12-21(15(4)22)11-16-8-6-10-24-16/h5,7,9,13,16H,6,8,10-12H2,1-4H3,(H,20,23). The zero-order valence-corrected chi connectivity index (χ0v) is 15.1. The molecular formula is C19H28N2O3. The second-order valence-corrected chi connectivity index (χ2v) is 6.78. The van der Waals surface area contributed by atoms with Crippen LogP contribution in [0.15, 0.2) is 18.2 Å². The summed E-state index contributed by atoms with van der Waals surface area (Å²) in [5.74, 6) is 0.0462. The fourth-order valence-electron chi connectivity index (χ4n) is 3.03. The number of anilines is 1. The van der Waals surface area contributed by atoms with Gasteiger partial charge in [-0.2, -0.15) is 0 Å². The number of carbonyl (C=O) groups is 2. The number of para-hydroxylation sites is 1. The lowest BCUT2D eigenvalue weighted by molar-refractivity contribution is -0.134. The summed E-state index contributed by atoms with van der Waals surface area (Å²) in [6, 6.07) is 6.01. The first kappa shape index (κ1) is 18.5. The van der Waals surface area contributed by atoms with Gasteiger partial charge in [-0.25, -0.2) is 0 Å². The predicted molar refractivity (Wildman–Crippen MR) is 95.1 cm³/mol. The van der Waals surface area contributed by atoms with Gasteiger partial charge >= 0.3 is 0 Å². The highest BCUT2D eigenvalue weighted by Crippen LogP contribution is 2.27. The number of amides is 2. The van der Waals surface area contributed by atoms with Crippen LogP contribution >= 0.6 is 0 Å². The third-order valence-corrected chi connectivity index (χ3v) is 4.42. The monoisotopic (exact) mass is 332 g/mol. The fourth-order valence-corrected chi connectivity index (χ4v) is 3.03. The average Bonchev–Trinajstić information content (AvgIpc) is 3.01. The van der Waals surface area contributed by atoms with Gasteiger partial charge in [0, 0.05) is 25.8 Å². The van der Waals surface area contributed by atoms with Crippen molar-refractivity contribution in [3.8, 4) is 0 Å². The van der Waals surface area contributed by atoms with Crippen molar-refractivity contribution in [2.45, 2.75) is 52.6 Å². The van der Waals surface area contributed by atoms with Gasteiger partial charge in [0.2, 0.25) is 11.8 Å². The maximum Gasteiger partial charge on any atom is 0.244 e. The Morgan fingerprint density at radius 2 is 2.12 bits per heavy atom. The molecular weight excluding hydrogens is 304 g/mol. The Balaban J connectivity index is 2.04. The summed E-state index contributed by atoms with van der Waals surface area (Å²) in [4.78, 5) is 25.9. The minimum absolute atomic E-state index is 0.0476. The van der Waals surface area contributed by atoms with E-state index in [1.807, 2.05) is 25.1 Å². The Bertz CT molecular complexity index is 592. The normalized spacial score (nSPS) is 17.1. The summed E-state index contributed by atoms with van der Waals surface area (Å²) in [6.45, 7) is 8.96. The van der Waals surface area contributed by atoms with Crippen LogP contribution in [0.2, 0.25) is 0 Å². The van der Waals surface area contributed by atoms with Crippen molar-refractivity contribution in [3.05, 3.63) is 29.3 Å². The molecule has 132 valence electrons. The average molecular weight is 332 g/mol. The first-order valence-corrected chi connectivity index (χ1v) is 8.65. The van der Waals surface area contributed by atoms with Gasteiger partial charge in [0.1, 0.15) is 0 Å². The number of hydrogen-bond donors (Lipinski definition) is 1. The van der Waals surface area contributed by atoms with E-state index in [9.17, 15) is 9.59 Å². The van der Waals surface area contributed by atoms with Crippen molar-refractivity contribution < 1.29 is 14.3 Å². The molecule has 1 N–H and O–H groups in total.